The van der Waals surface area contributed by atoms with E-state index in [2.05, 4.69) is 6.92 Å². The minimum absolute atomic E-state index is 0.104. The van der Waals surface area contributed by atoms with Gasteiger partial charge in [0.15, 0.2) is 0 Å². The van der Waals surface area contributed by atoms with E-state index in [0.29, 0.717) is 5.69 Å². The molecule has 3 nitrogen and oxygen atoms in total. The lowest BCUT2D eigenvalue weighted by Crippen LogP contribution is -2.26. The number of esters is 1. The number of nitrogen functional groups attached to an aromatic ring is 1. The molecule has 1 atom stereocenters. The first-order chi connectivity index (χ1) is 9.06. The highest BCUT2D eigenvalue weighted by molar-refractivity contribution is 5.78. The van der Waals surface area contributed by atoms with E-state index >= 15 is 0 Å². The predicted molar refractivity (Wildman–Crippen MR) is 76.8 cm³/mol. The third-order valence-electron chi connectivity index (χ3n) is 4.01. The van der Waals surface area contributed by atoms with Crippen LogP contribution in [0.25, 0.3) is 0 Å². The Morgan fingerprint density at radius 1 is 1.32 bits per heavy atom. The molecule has 1 aromatic carbocycles. The molecule has 1 aliphatic rings. The van der Waals surface area contributed by atoms with Gasteiger partial charge < -0.3 is 10.5 Å². The van der Waals surface area contributed by atoms with Gasteiger partial charge in [0.1, 0.15) is 6.10 Å². The summed E-state index contributed by atoms with van der Waals surface area (Å²) < 4.78 is 5.62. The highest BCUT2D eigenvalue weighted by Gasteiger charge is 2.24. The van der Waals surface area contributed by atoms with Crippen LogP contribution in [0.5, 0.6) is 0 Å². The van der Waals surface area contributed by atoms with Crippen molar-refractivity contribution in [3.05, 3.63) is 29.8 Å². The largest absolute Gasteiger partial charge is 0.462 e. The summed E-state index contributed by atoms with van der Waals surface area (Å²) in [7, 11) is 0. The normalized spacial score (nSPS) is 24.7. The number of anilines is 1. The van der Waals surface area contributed by atoms with Gasteiger partial charge in [0.05, 0.1) is 5.92 Å². The molecule has 3 heteroatoms. The van der Waals surface area contributed by atoms with Gasteiger partial charge in [-0.05, 0) is 56.2 Å². The maximum atomic E-state index is 12.1. The number of ether oxygens (including phenoxy) is 1. The number of carbonyl (C=O) groups is 1. The summed E-state index contributed by atoms with van der Waals surface area (Å²) in [6, 6.07) is 7.46. The van der Waals surface area contributed by atoms with Gasteiger partial charge in [0.25, 0.3) is 0 Å². The highest BCUT2D eigenvalue weighted by Crippen LogP contribution is 2.27. The fraction of sp³-hybridized carbons (Fsp3) is 0.562. The molecular weight excluding hydrogens is 238 g/mol. The van der Waals surface area contributed by atoms with Gasteiger partial charge in [-0.2, -0.15) is 0 Å². The molecule has 0 aliphatic heterocycles. The van der Waals surface area contributed by atoms with Gasteiger partial charge in [0.2, 0.25) is 0 Å². The van der Waals surface area contributed by atoms with Crippen molar-refractivity contribution in [2.24, 2.45) is 5.92 Å². The SMILES string of the molecule is CC1CCC(OC(=O)C(C)c2cccc(N)c2)CC1. The highest BCUT2D eigenvalue weighted by atomic mass is 16.5. The predicted octanol–water partition coefficient (Wildman–Crippen LogP) is 3.49. The summed E-state index contributed by atoms with van der Waals surface area (Å²) >= 11 is 0. The monoisotopic (exact) mass is 261 g/mol. The van der Waals surface area contributed by atoms with Crippen LogP contribution in [0.4, 0.5) is 5.69 Å². The van der Waals surface area contributed by atoms with Crippen molar-refractivity contribution < 1.29 is 9.53 Å². The second-order valence-electron chi connectivity index (χ2n) is 5.71. The Balaban J connectivity index is 1.92. The first-order valence-corrected chi connectivity index (χ1v) is 7.12. The molecule has 2 N–H and O–H groups in total. The van der Waals surface area contributed by atoms with Gasteiger partial charge in [0, 0.05) is 5.69 Å². The standard InChI is InChI=1S/C16H23NO2/c1-11-6-8-15(9-7-11)19-16(18)12(2)13-4-3-5-14(17)10-13/h3-5,10-12,15H,6-9,17H2,1-2H3. The van der Waals surface area contributed by atoms with E-state index in [0.717, 1.165) is 37.2 Å². The van der Waals surface area contributed by atoms with Crippen LogP contribution in [0.1, 0.15) is 51.0 Å². The fourth-order valence-corrected chi connectivity index (χ4v) is 2.58. The van der Waals surface area contributed by atoms with Gasteiger partial charge in [-0.1, -0.05) is 19.1 Å². The maximum Gasteiger partial charge on any atom is 0.313 e. The summed E-state index contributed by atoms with van der Waals surface area (Å²) in [6.07, 6.45) is 4.41. The van der Waals surface area contributed by atoms with E-state index in [4.69, 9.17) is 10.5 Å². The number of benzene rings is 1. The molecule has 104 valence electrons. The summed E-state index contributed by atoms with van der Waals surface area (Å²) in [6.45, 7) is 4.13. The van der Waals surface area contributed by atoms with Crippen LogP contribution in [0.15, 0.2) is 24.3 Å². The molecule has 0 amide bonds. The van der Waals surface area contributed by atoms with Crippen LogP contribution in [-0.2, 0) is 9.53 Å². The fourth-order valence-electron chi connectivity index (χ4n) is 2.58. The number of rotatable bonds is 3. The zero-order valence-electron chi connectivity index (χ0n) is 11.8. The van der Waals surface area contributed by atoms with Crippen molar-refractivity contribution in [3.8, 4) is 0 Å². The van der Waals surface area contributed by atoms with Gasteiger partial charge >= 0.3 is 5.97 Å². The summed E-state index contributed by atoms with van der Waals surface area (Å²) in [5.41, 5.74) is 7.35. The molecule has 1 saturated carbocycles. The van der Waals surface area contributed by atoms with Crippen LogP contribution in [-0.4, -0.2) is 12.1 Å². The van der Waals surface area contributed by atoms with E-state index < -0.39 is 0 Å². The zero-order valence-corrected chi connectivity index (χ0v) is 11.8. The van der Waals surface area contributed by atoms with Crippen molar-refractivity contribution in [1.29, 1.82) is 0 Å². The molecule has 0 aromatic heterocycles. The van der Waals surface area contributed by atoms with Crippen molar-refractivity contribution in [1.82, 2.24) is 0 Å². The van der Waals surface area contributed by atoms with Crippen LogP contribution < -0.4 is 5.73 Å². The summed E-state index contributed by atoms with van der Waals surface area (Å²) in [5.74, 6) is 0.384. The minimum atomic E-state index is -0.247. The lowest BCUT2D eigenvalue weighted by atomic mass is 9.89. The molecule has 1 aliphatic carbocycles. The molecule has 1 unspecified atom stereocenters. The molecule has 1 aromatic rings. The summed E-state index contributed by atoms with van der Waals surface area (Å²) in [5, 5.41) is 0. The van der Waals surface area contributed by atoms with Crippen molar-refractivity contribution in [3.63, 3.8) is 0 Å². The molecule has 0 heterocycles. The van der Waals surface area contributed by atoms with Crippen molar-refractivity contribution >= 4 is 11.7 Å². The van der Waals surface area contributed by atoms with E-state index in [-0.39, 0.29) is 18.0 Å². The number of hydrogen-bond acceptors (Lipinski definition) is 3. The first kappa shape index (κ1) is 13.9. The van der Waals surface area contributed by atoms with Crippen LogP contribution in [0.2, 0.25) is 0 Å². The Kier molecular flexibility index (Phi) is 4.46. The Labute approximate surface area is 115 Å². The lowest BCUT2D eigenvalue weighted by molar-refractivity contribution is -0.152. The van der Waals surface area contributed by atoms with E-state index in [1.54, 1.807) is 0 Å². The van der Waals surface area contributed by atoms with Gasteiger partial charge in [-0.15, -0.1) is 0 Å². The average molecular weight is 261 g/mol. The van der Waals surface area contributed by atoms with Crippen molar-refractivity contribution in [2.45, 2.75) is 51.6 Å². The third-order valence-corrected chi connectivity index (χ3v) is 4.01. The Morgan fingerprint density at radius 3 is 2.63 bits per heavy atom. The van der Waals surface area contributed by atoms with Crippen molar-refractivity contribution in [2.75, 3.05) is 5.73 Å². The second kappa shape index (κ2) is 6.09. The van der Waals surface area contributed by atoms with Crippen LogP contribution >= 0.6 is 0 Å². The molecule has 0 bridgehead atoms. The molecule has 19 heavy (non-hydrogen) atoms. The Morgan fingerprint density at radius 2 is 2.00 bits per heavy atom. The summed E-state index contributed by atoms with van der Waals surface area (Å²) in [4.78, 5) is 12.1. The maximum absolute atomic E-state index is 12.1. The van der Waals surface area contributed by atoms with Gasteiger partial charge in [-0.25, -0.2) is 0 Å². The van der Waals surface area contributed by atoms with Crippen LogP contribution in [0, 0.1) is 5.92 Å². The Bertz CT molecular complexity index is 436. The topological polar surface area (TPSA) is 52.3 Å². The third kappa shape index (κ3) is 3.72. The van der Waals surface area contributed by atoms with E-state index in [9.17, 15) is 4.79 Å². The van der Waals surface area contributed by atoms with E-state index in [1.807, 2.05) is 31.2 Å². The Hall–Kier alpha value is -1.51. The first-order valence-electron chi connectivity index (χ1n) is 7.12. The molecule has 0 saturated heterocycles. The number of hydrogen-bond donors (Lipinski definition) is 1. The molecule has 0 spiro atoms. The smallest absolute Gasteiger partial charge is 0.313 e. The van der Waals surface area contributed by atoms with Gasteiger partial charge in [-0.3, -0.25) is 4.79 Å². The number of carbonyl (C=O) groups excluding carboxylic acids is 1. The second-order valence-corrected chi connectivity index (χ2v) is 5.71. The lowest BCUT2D eigenvalue weighted by Gasteiger charge is -2.27. The van der Waals surface area contributed by atoms with Crippen LogP contribution in [0.3, 0.4) is 0 Å². The zero-order chi connectivity index (χ0) is 13.8. The molecule has 2 rings (SSSR count). The number of nitrogens with two attached hydrogens (primary N) is 1. The average Bonchev–Trinajstić information content (AvgIpc) is 2.40. The molecular formula is C16H23NO2. The molecule has 0 radical (unpaired) electrons. The quantitative estimate of drug-likeness (QED) is 0.669. The minimum Gasteiger partial charge on any atom is -0.462 e. The van der Waals surface area contributed by atoms with E-state index in [1.165, 1.54) is 0 Å². The molecule has 1 fully saturated rings.